The summed E-state index contributed by atoms with van der Waals surface area (Å²) >= 11 is 0. The van der Waals surface area contributed by atoms with E-state index >= 15 is 0 Å². The molecule has 0 aliphatic carbocycles. The number of methoxy groups -OCH3 is 1. The van der Waals surface area contributed by atoms with Gasteiger partial charge in [-0.2, -0.15) is 0 Å². The van der Waals surface area contributed by atoms with E-state index in [9.17, 15) is 4.79 Å². The first-order valence-electron chi connectivity index (χ1n) is 10.1. The Morgan fingerprint density at radius 1 is 1.10 bits per heavy atom. The van der Waals surface area contributed by atoms with Gasteiger partial charge in [-0.05, 0) is 36.1 Å². The Morgan fingerprint density at radius 2 is 2.03 bits per heavy atom. The van der Waals surface area contributed by atoms with Gasteiger partial charge < -0.3 is 9.30 Å². The fraction of sp³-hybridized carbons (Fsp3) is 0.348. The number of nitrogens with zero attached hydrogens (tertiary/aromatic N) is 4. The molecule has 0 N–H and O–H groups in total. The lowest BCUT2D eigenvalue weighted by atomic mass is 9.82. The third kappa shape index (κ3) is 3.56. The van der Waals surface area contributed by atoms with Crippen molar-refractivity contribution in [2.45, 2.75) is 25.4 Å². The molecule has 0 saturated carbocycles. The molecule has 2 aliphatic heterocycles. The van der Waals surface area contributed by atoms with Gasteiger partial charge in [0.25, 0.3) is 5.56 Å². The van der Waals surface area contributed by atoms with Crippen LogP contribution in [0.15, 0.2) is 59.8 Å². The van der Waals surface area contributed by atoms with Crippen molar-refractivity contribution in [3.8, 4) is 16.9 Å². The third-order valence-electron chi connectivity index (χ3n) is 6.04. The molecule has 1 saturated heterocycles. The van der Waals surface area contributed by atoms with E-state index in [1.165, 1.54) is 0 Å². The predicted molar refractivity (Wildman–Crippen MR) is 111 cm³/mol. The number of ether oxygens (including phenoxy) is 1. The maximum absolute atomic E-state index is 12.8. The lowest BCUT2D eigenvalue weighted by Crippen LogP contribution is -2.46. The summed E-state index contributed by atoms with van der Waals surface area (Å²) in [5.41, 5.74) is 4.21. The molecule has 0 unspecified atom stereocenters. The van der Waals surface area contributed by atoms with Gasteiger partial charge in [-0.25, -0.2) is 0 Å². The number of rotatable bonds is 4. The van der Waals surface area contributed by atoms with Crippen LogP contribution in [0.25, 0.3) is 11.1 Å². The lowest BCUT2D eigenvalue weighted by Gasteiger charge is -2.42. The Bertz CT molecular complexity index is 1080. The van der Waals surface area contributed by atoms with Crippen molar-refractivity contribution in [3.05, 3.63) is 76.7 Å². The number of aromatic nitrogens is 3. The van der Waals surface area contributed by atoms with E-state index < -0.39 is 0 Å². The molecule has 3 aromatic heterocycles. The van der Waals surface area contributed by atoms with E-state index in [0.29, 0.717) is 11.8 Å². The van der Waals surface area contributed by atoms with Gasteiger partial charge in [0.1, 0.15) is 5.75 Å². The van der Waals surface area contributed by atoms with E-state index in [0.717, 1.165) is 60.9 Å². The normalized spacial score (nSPS) is 20.9. The predicted octanol–water partition coefficient (Wildman–Crippen LogP) is 2.93. The Balaban J connectivity index is 1.43. The van der Waals surface area contributed by atoms with Crippen LogP contribution >= 0.6 is 0 Å². The molecule has 2 aliphatic rings. The minimum atomic E-state index is 0.0963. The van der Waals surface area contributed by atoms with Crippen LogP contribution in [0, 0.1) is 5.92 Å². The summed E-state index contributed by atoms with van der Waals surface area (Å²) < 4.78 is 7.32. The van der Waals surface area contributed by atoms with Gasteiger partial charge in [0.05, 0.1) is 12.8 Å². The maximum atomic E-state index is 12.8. The molecule has 0 amide bonds. The number of pyridine rings is 3. The molecule has 6 nitrogen and oxygen atoms in total. The SMILES string of the molecule is COc1ccnc(CN2C[C@@H]3C[C@H](C2)c2cc(-c4cccnc4)cc(=O)n2C3)c1. The Morgan fingerprint density at radius 3 is 2.86 bits per heavy atom. The molecule has 29 heavy (non-hydrogen) atoms. The highest BCUT2D eigenvalue weighted by Gasteiger charge is 2.35. The fourth-order valence-electron chi connectivity index (χ4n) is 4.79. The summed E-state index contributed by atoms with van der Waals surface area (Å²) in [5.74, 6) is 1.69. The first kappa shape index (κ1) is 18.1. The molecular weight excluding hydrogens is 364 g/mol. The molecule has 5 heterocycles. The van der Waals surface area contributed by atoms with E-state index in [2.05, 4.69) is 20.9 Å². The van der Waals surface area contributed by atoms with Crippen LogP contribution in [0.2, 0.25) is 0 Å². The van der Waals surface area contributed by atoms with Crippen LogP contribution in [-0.4, -0.2) is 39.6 Å². The van der Waals surface area contributed by atoms with Gasteiger partial charge in [0, 0.05) is 74.1 Å². The van der Waals surface area contributed by atoms with Crippen LogP contribution in [-0.2, 0) is 13.1 Å². The third-order valence-corrected chi connectivity index (χ3v) is 6.04. The summed E-state index contributed by atoms with van der Waals surface area (Å²) in [6.07, 6.45) is 6.51. The molecule has 2 bridgehead atoms. The minimum Gasteiger partial charge on any atom is -0.497 e. The van der Waals surface area contributed by atoms with Gasteiger partial charge in [-0.15, -0.1) is 0 Å². The average Bonchev–Trinajstić information content (AvgIpc) is 2.75. The highest BCUT2D eigenvalue weighted by atomic mass is 16.5. The maximum Gasteiger partial charge on any atom is 0.251 e. The van der Waals surface area contributed by atoms with Crippen LogP contribution in [0.1, 0.15) is 23.7 Å². The van der Waals surface area contributed by atoms with Gasteiger partial charge in [-0.1, -0.05) is 6.07 Å². The number of hydrogen-bond donors (Lipinski definition) is 0. The summed E-state index contributed by atoms with van der Waals surface area (Å²) in [6, 6.07) is 11.7. The number of fused-ring (bicyclic) bond motifs is 4. The number of hydrogen-bond acceptors (Lipinski definition) is 5. The summed E-state index contributed by atoms with van der Waals surface area (Å²) in [4.78, 5) is 24.0. The van der Waals surface area contributed by atoms with Gasteiger partial charge in [0.15, 0.2) is 0 Å². The molecule has 0 radical (unpaired) electrons. The molecule has 148 valence electrons. The first-order chi connectivity index (χ1) is 14.2. The smallest absolute Gasteiger partial charge is 0.251 e. The molecule has 1 fully saturated rings. The van der Waals surface area contributed by atoms with Crippen molar-refractivity contribution < 1.29 is 4.74 Å². The average molecular weight is 388 g/mol. The second-order valence-electron chi connectivity index (χ2n) is 8.04. The molecule has 6 heteroatoms. The van der Waals surface area contributed by atoms with Gasteiger partial charge in [0.2, 0.25) is 0 Å². The second-order valence-corrected chi connectivity index (χ2v) is 8.04. The van der Waals surface area contributed by atoms with Crippen molar-refractivity contribution >= 4 is 0 Å². The lowest BCUT2D eigenvalue weighted by molar-refractivity contribution is 0.113. The van der Waals surface area contributed by atoms with Crippen LogP contribution in [0.5, 0.6) is 5.75 Å². The van der Waals surface area contributed by atoms with Crippen molar-refractivity contribution in [1.29, 1.82) is 0 Å². The van der Waals surface area contributed by atoms with E-state index in [-0.39, 0.29) is 5.56 Å². The largest absolute Gasteiger partial charge is 0.497 e. The quantitative estimate of drug-likeness (QED) is 0.688. The summed E-state index contributed by atoms with van der Waals surface area (Å²) in [5, 5.41) is 0. The highest BCUT2D eigenvalue weighted by molar-refractivity contribution is 5.62. The molecule has 0 aromatic carbocycles. The molecular formula is C23H24N4O2. The monoisotopic (exact) mass is 388 g/mol. The molecule has 2 atom stereocenters. The Hall–Kier alpha value is -2.99. The van der Waals surface area contributed by atoms with Crippen LogP contribution < -0.4 is 10.3 Å². The highest BCUT2D eigenvalue weighted by Crippen LogP contribution is 2.37. The fourth-order valence-corrected chi connectivity index (χ4v) is 4.79. The molecule has 5 rings (SSSR count). The topological polar surface area (TPSA) is 60.2 Å². The Kier molecular flexibility index (Phi) is 4.64. The standard InChI is InChI=1S/C23H24N4O2/c1-29-21-4-6-25-20(10-21)15-26-12-16-7-19(14-26)22-8-18(9-23(28)27(22)13-16)17-3-2-5-24-11-17/h2-6,8-11,16,19H,7,12-15H2,1H3/t16-,19+/m0/s1. The van der Waals surface area contributed by atoms with E-state index in [1.807, 2.05) is 35.0 Å². The summed E-state index contributed by atoms with van der Waals surface area (Å²) in [7, 11) is 1.68. The van der Waals surface area contributed by atoms with Crippen molar-refractivity contribution in [2.75, 3.05) is 20.2 Å². The van der Waals surface area contributed by atoms with Crippen LogP contribution in [0.3, 0.4) is 0 Å². The number of likely N-dealkylation sites (tertiary alicyclic amines) is 1. The van der Waals surface area contributed by atoms with E-state index in [1.54, 1.807) is 25.6 Å². The molecule has 3 aromatic rings. The second kappa shape index (κ2) is 7.44. The van der Waals surface area contributed by atoms with Crippen molar-refractivity contribution in [3.63, 3.8) is 0 Å². The zero-order chi connectivity index (χ0) is 19.8. The zero-order valence-corrected chi connectivity index (χ0v) is 16.5. The number of piperidine rings is 1. The van der Waals surface area contributed by atoms with Crippen molar-refractivity contribution in [1.82, 2.24) is 19.4 Å². The van der Waals surface area contributed by atoms with Gasteiger partial charge >= 0.3 is 0 Å². The zero-order valence-electron chi connectivity index (χ0n) is 16.5. The first-order valence-corrected chi connectivity index (χ1v) is 10.1. The minimum absolute atomic E-state index is 0.0963. The van der Waals surface area contributed by atoms with E-state index in [4.69, 9.17) is 4.74 Å². The van der Waals surface area contributed by atoms with Gasteiger partial charge in [-0.3, -0.25) is 19.7 Å². The van der Waals surface area contributed by atoms with Crippen LogP contribution in [0.4, 0.5) is 0 Å². The summed E-state index contributed by atoms with van der Waals surface area (Å²) in [6.45, 7) is 3.52. The Labute approximate surface area is 169 Å². The molecule has 0 spiro atoms. The van der Waals surface area contributed by atoms with Crippen molar-refractivity contribution in [2.24, 2.45) is 5.92 Å².